The van der Waals surface area contributed by atoms with Crippen molar-refractivity contribution in [2.75, 3.05) is 18.5 Å². The van der Waals surface area contributed by atoms with Crippen LogP contribution < -0.4 is 11.1 Å². The molecule has 4 N–H and O–H groups in total. The highest BCUT2D eigenvalue weighted by Gasteiger charge is 2.05. The van der Waals surface area contributed by atoms with E-state index in [9.17, 15) is 0 Å². The highest BCUT2D eigenvalue weighted by Crippen LogP contribution is 2.29. The SMILES string of the molecule is NC(CCO)CNc1cccc(Cl)c1Cl. The molecule has 0 amide bonds. The third kappa shape index (κ3) is 3.87. The first-order chi connectivity index (χ1) is 7.15. The zero-order valence-corrected chi connectivity index (χ0v) is 9.72. The van der Waals surface area contributed by atoms with E-state index in [-0.39, 0.29) is 12.6 Å². The second kappa shape index (κ2) is 6.18. The van der Waals surface area contributed by atoms with Gasteiger partial charge in [0, 0.05) is 19.2 Å². The van der Waals surface area contributed by atoms with E-state index in [0.29, 0.717) is 23.0 Å². The van der Waals surface area contributed by atoms with E-state index in [2.05, 4.69) is 5.32 Å². The average molecular weight is 249 g/mol. The lowest BCUT2D eigenvalue weighted by Crippen LogP contribution is -2.30. The van der Waals surface area contributed by atoms with Crippen LogP contribution in [0.4, 0.5) is 5.69 Å². The minimum Gasteiger partial charge on any atom is -0.396 e. The largest absolute Gasteiger partial charge is 0.396 e. The molecule has 0 aliphatic heterocycles. The summed E-state index contributed by atoms with van der Waals surface area (Å²) >= 11 is 11.8. The monoisotopic (exact) mass is 248 g/mol. The van der Waals surface area contributed by atoms with Gasteiger partial charge in [0.25, 0.3) is 0 Å². The lowest BCUT2D eigenvalue weighted by molar-refractivity contribution is 0.277. The molecule has 15 heavy (non-hydrogen) atoms. The van der Waals surface area contributed by atoms with E-state index < -0.39 is 0 Å². The molecule has 1 atom stereocenters. The second-order valence-corrected chi connectivity index (χ2v) is 4.04. The first-order valence-electron chi connectivity index (χ1n) is 4.69. The average Bonchev–Trinajstić information content (AvgIpc) is 2.21. The van der Waals surface area contributed by atoms with Gasteiger partial charge in [-0.2, -0.15) is 0 Å². The predicted octanol–water partition coefficient (Wildman–Crippen LogP) is 2.11. The molecule has 0 spiro atoms. The fourth-order valence-corrected chi connectivity index (χ4v) is 1.52. The van der Waals surface area contributed by atoms with Crippen LogP contribution in [0, 0.1) is 0 Å². The van der Waals surface area contributed by atoms with Gasteiger partial charge in [0.1, 0.15) is 0 Å². The van der Waals surface area contributed by atoms with E-state index in [1.54, 1.807) is 6.07 Å². The van der Waals surface area contributed by atoms with Crippen LogP contribution in [0.25, 0.3) is 0 Å². The summed E-state index contributed by atoms with van der Waals surface area (Å²) in [5.74, 6) is 0. The van der Waals surface area contributed by atoms with E-state index in [1.807, 2.05) is 12.1 Å². The quantitative estimate of drug-likeness (QED) is 0.749. The van der Waals surface area contributed by atoms with E-state index in [4.69, 9.17) is 34.0 Å². The molecule has 0 bridgehead atoms. The van der Waals surface area contributed by atoms with E-state index >= 15 is 0 Å². The van der Waals surface area contributed by atoms with Crippen molar-refractivity contribution >= 4 is 28.9 Å². The standard InChI is InChI=1S/C10H14Cl2N2O/c11-8-2-1-3-9(10(8)12)14-6-7(13)4-5-15/h1-3,7,14-15H,4-6,13H2. The summed E-state index contributed by atoms with van der Waals surface area (Å²) in [5, 5.41) is 12.8. The maximum Gasteiger partial charge on any atom is 0.0823 e. The zero-order valence-electron chi connectivity index (χ0n) is 8.21. The second-order valence-electron chi connectivity index (χ2n) is 3.25. The zero-order chi connectivity index (χ0) is 11.3. The number of aliphatic hydroxyl groups excluding tert-OH is 1. The Morgan fingerprint density at radius 3 is 2.80 bits per heavy atom. The first kappa shape index (κ1) is 12.6. The topological polar surface area (TPSA) is 58.3 Å². The summed E-state index contributed by atoms with van der Waals surface area (Å²) in [4.78, 5) is 0. The summed E-state index contributed by atoms with van der Waals surface area (Å²) < 4.78 is 0. The van der Waals surface area contributed by atoms with Gasteiger partial charge in [-0.3, -0.25) is 0 Å². The smallest absolute Gasteiger partial charge is 0.0823 e. The number of benzene rings is 1. The van der Waals surface area contributed by atoms with Gasteiger partial charge in [0.15, 0.2) is 0 Å². The van der Waals surface area contributed by atoms with E-state index in [0.717, 1.165) is 5.69 Å². The molecule has 0 aliphatic rings. The van der Waals surface area contributed by atoms with Gasteiger partial charge in [0.05, 0.1) is 15.7 Å². The molecule has 1 unspecified atom stereocenters. The fraction of sp³-hybridized carbons (Fsp3) is 0.400. The van der Waals surface area contributed by atoms with Gasteiger partial charge in [0.2, 0.25) is 0 Å². The third-order valence-electron chi connectivity index (χ3n) is 2.01. The molecule has 3 nitrogen and oxygen atoms in total. The van der Waals surface area contributed by atoms with Crippen LogP contribution in [0.3, 0.4) is 0 Å². The number of nitrogens with two attached hydrogens (primary N) is 1. The van der Waals surface area contributed by atoms with Crippen molar-refractivity contribution in [3.63, 3.8) is 0 Å². The van der Waals surface area contributed by atoms with Crippen LogP contribution >= 0.6 is 23.2 Å². The molecule has 0 heterocycles. The maximum absolute atomic E-state index is 8.68. The summed E-state index contributed by atoms with van der Waals surface area (Å²) in [7, 11) is 0. The van der Waals surface area contributed by atoms with Crippen molar-refractivity contribution in [1.82, 2.24) is 0 Å². The summed E-state index contributed by atoms with van der Waals surface area (Å²) in [6.07, 6.45) is 0.561. The lowest BCUT2D eigenvalue weighted by Gasteiger charge is -2.13. The molecule has 0 saturated heterocycles. The van der Waals surface area contributed by atoms with Crippen LogP contribution in [-0.4, -0.2) is 24.3 Å². The summed E-state index contributed by atoms with van der Waals surface area (Å²) in [6, 6.07) is 5.28. The number of aliphatic hydroxyl groups is 1. The lowest BCUT2D eigenvalue weighted by atomic mass is 10.2. The Labute approximate surface area is 99.2 Å². The van der Waals surface area contributed by atoms with Crippen molar-refractivity contribution in [2.24, 2.45) is 5.73 Å². The minimum absolute atomic E-state index is 0.0894. The van der Waals surface area contributed by atoms with Crippen molar-refractivity contribution in [2.45, 2.75) is 12.5 Å². The third-order valence-corrected chi connectivity index (χ3v) is 2.83. The van der Waals surface area contributed by atoms with Crippen molar-refractivity contribution in [3.05, 3.63) is 28.2 Å². The van der Waals surface area contributed by atoms with E-state index in [1.165, 1.54) is 0 Å². The molecule has 5 heteroatoms. The van der Waals surface area contributed by atoms with Crippen LogP contribution in [0.15, 0.2) is 18.2 Å². The fourth-order valence-electron chi connectivity index (χ4n) is 1.15. The van der Waals surface area contributed by atoms with Crippen molar-refractivity contribution in [3.8, 4) is 0 Å². The number of hydrogen-bond donors (Lipinski definition) is 3. The first-order valence-corrected chi connectivity index (χ1v) is 5.45. The predicted molar refractivity (Wildman–Crippen MR) is 64.6 cm³/mol. The van der Waals surface area contributed by atoms with Crippen LogP contribution in [-0.2, 0) is 0 Å². The molecular weight excluding hydrogens is 235 g/mol. The van der Waals surface area contributed by atoms with Gasteiger partial charge < -0.3 is 16.2 Å². The Morgan fingerprint density at radius 2 is 2.13 bits per heavy atom. The maximum atomic E-state index is 8.68. The Kier molecular flexibility index (Phi) is 5.19. The number of rotatable bonds is 5. The molecule has 0 saturated carbocycles. The normalized spacial score (nSPS) is 12.5. The highest BCUT2D eigenvalue weighted by atomic mass is 35.5. The Morgan fingerprint density at radius 1 is 1.40 bits per heavy atom. The molecule has 0 aliphatic carbocycles. The molecule has 0 fully saturated rings. The Balaban J connectivity index is 2.54. The minimum atomic E-state index is -0.0925. The highest BCUT2D eigenvalue weighted by molar-refractivity contribution is 6.43. The van der Waals surface area contributed by atoms with Gasteiger partial charge in [-0.25, -0.2) is 0 Å². The summed E-state index contributed by atoms with van der Waals surface area (Å²) in [5.41, 5.74) is 6.48. The number of anilines is 1. The van der Waals surface area contributed by atoms with Crippen molar-refractivity contribution in [1.29, 1.82) is 0 Å². The van der Waals surface area contributed by atoms with Crippen molar-refractivity contribution < 1.29 is 5.11 Å². The molecule has 0 radical (unpaired) electrons. The molecule has 84 valence electrons. The van der Waals surface area contributed by atoms with Gasteiger partial charge >= 0.3 is 0 Å². The number of halogens is 2. The number of nitrogens with one attached hydrogen (secondary N) is 1. The molecule has 1 rings (SSSR count). The van der Waals surface area contributed by atoms with Gasteiger partial charge in [-0.15, -0.1) is 0 Å². The van der Waals surface area contributed by atoms with Crippen LogP contribution in [0.1, 0.15) is 6.42 Å². The van der Waals surface area contributed by atoms with Crippen LogP contribution in [0.5, 0.6) is 0 Å². The molecule has 1 aromatic rings. The molecular formula is C10H14Cl2N2O. The van der Waals surface area contributed by atoms with Gasteiger partial charge in [-0.05, 0) is 18.6 Å². The van der Waals surface area contributed by atoms with Gasteiger partial charge in [-0.1, -0.05) is 29.3 Å². The Bertz CT molecular complexity index is 320. The summed E-state index contributed by atoms with van der Waals surface area (Å²) in [6.45, 7) is 0.646. The van der Waals surface area contributed by atoms with Crippen LogP contribution in [0.2, 0.25) is 10.0 Å². The molecule has 1 aromatic carbocycles. The molecule has 0 aromatic heterocycles. The Hall–Kier alpha value is -0.480. The number of hydrogen-bond acceptors (Lipinski definition) is 3.